The molecule has 1 aliphatic rings. The molecule has 1 saturated carbocycles. The van der Waals surface area contributed by atoms with Crippen LogP contribution in [-0.4, -0.2) is 39.5 Å². The summed E-state index contributed by atoms with van der Waals surface area (Å²) >= 11 is 0. The van der Waals surface area contributed by atoms with Crippen molar-refractivity contribution in [2.45, 2.75) is 31.4 Å². The first kappa shape index (κ1) is 13.2. The number of nitrogens with one attached hydrogen (secondary N) is 1. The van der Waals surface area contributed by atoms with Crippen LogP contribution in [0.15, 0.2) is 30.3 Å². The summed E-state index contributed by atoms with van der Waals surface area (Å²) in [4.78, 5) is 0. The first-order chi connectivity index (χ1) is 9.83. The van der Waals surface area contributed by atoms with E-state index in [9.17, 15) is 0 Å². The van der Waals surface area contributed by atoms with E-state index in [1.807, 2.05) is 30.3 Å². The van der Waals surface area contributed by atoms with Crippen LogP contribution in [0.4, 0.5) is 0 Å². The second-order valence-electron chi connectivity index (χ2n) is 5.19. The SMILES string of the molecule is COC1(CNCc2nnnn2-c2ccccc2)CCC1. The lowest BCUT2D eigenvalue weighted by Crippen LogP contribution is -2.47. The van der Waals surface area contributed by atoms with Gasteiger partial charge >= 0.3 is 0 Å². The maximum absolute atomic E-state index is 5.59. The fraction of sp³-hybridized carbons (Fsp3) is 0.500. The minimum Gasteiger partial charge on any atom is -0.377 e. The van der Waals surface area contributed by atoms with Gasteiger partial charge in [0.2, 0.25) is 0 Å². The summed E-state index contributed by atoms with van der Waals surface area (Å²) < 4.78 is 7.34. The highest BCUT2D eigenvalue weighted by atomic mass is 16.5. The highest BCUT2D eigenvalue weighted by Gasteiger charge is 2.36. The number of tetrazole rings is 1. The maximum atomic E-state index is 5.59. The molecule has 3 rings (SSSR count). The molecule has 1 aromatic heterocycles. The van der Waals surface area contributed by atoms with Crippen LogP contribution >= 0.6 is 0 Å². The predicted octanol–water partition coefficient (Wildman–Crippen LogP) is 1.32. The number of nitrogens with zero attached hydrogens (tertiary/aromatic N) is 4. The van der Waals surface area contributed by atoms with E-state index in [0.717, 1.165) is 30.9 Å². The van der Waals surface area contributed by atoms with Crippen LogP contribution in [-0.2, 0) is 11.3 Å². The van der Waals surface area contributed by atoms with E-state index in [1.54, 1.807) is 11.8 Å². The van der Waals surface area contributed by atoms with Gasteiger partial charge in [0.05, 0.1) is 17.8 Å². The average molecular weight is 273 g/mol. The molecule has 1 aromatic carbocycles. The largest absolute Gasteiger partial charge is 0.377 e. The molecule has 0 unspecified atom stereocenters. The first-order valence-electron chi connectivity index (χ1n) is 6.92. The monoisotopic (exact) mass is 273 g/mol. The van der Waals surface area contributed by atoms with Crippen LogP contribution in [0.25, 0.3) is 5.69 Å². The number of methoxy groups -OCH3 is 1. The average Bonchev–Trinajstić information content (AvgIpc) is 2.91. The van der Waals surface area contributed by atoms with Crippen molar-refractivity contribution >= 4 is 0 Å². The zero-order valence-electron chi connectivity index (χ0n) is 11.6. The van der Waals surface area contributed by atoms with Gasteiger partial charge in [-0.25, -0.2) is 0 Å². The Morgan fingerprint density at radius 1 is 1.30 bits per heavy atom. The van der Waals surface area contributed by atoms with Gasteiger partial charge in [0, 0.05) is 13.7 Å². The van der Waals surface area contributed by atoms with E-state index in [-0.39, 0.29) is 5.60 Å². The predicted molar refractivity (Wildman–Crippen MR) is 74.5 cm³/mol. The van der Waals surface area contributed by atoms with Gasteiger partial charge in [-0.1, -0.05) is 18.2 Å². The molecule has 6 nitrogen and oxygen atoms in total. The fourth-order valence-corrected chi connectivity index (χ4v) is 2.51. The van der Waals surface area contributed by atoms with Crippen molar-refractivity contribution in [1.29, 1.82) is 0 Å². The van der Waals surface area contributed by atoms with Crippen LogP contribution in [0.2, 0.25) is 0 Å². The second kappa shape index (κ2) is 5.68. The number of hydrogen-bond acceptors (Lipinski definition) is 5. The Kier molecular flexibility index (Phi) is 3.75. The third-order valence-electron chi connectivity index (χ3n) is 3.96. The molecule has 1 aliphatic carbocycles. The Balaban J connectivity index is 1.63. The molecule has 0 aliphatic heterocycles. The number of para-hydroxylation sites is 1. The lowest BCUT2D eigenvalue weighted by Gasteiger charge is -2.40. The normalized spacial score (nSPS) is 16.9. The van der Waals surface area contributed by atoms with Crippen LogP contribution < -0.4 is 5.32 Å². The van der Waals surface area contributed by atoms with Gasteiger partial charge in [0.25, 0.3) is 0 Å². The van der Waals surface area contributed by atoms with Gasteiger partial charge in [-0.05, 0) is 41.8 Å². The first-order valence-corrected chi connectivity index (χ1v) is 6.92. The summed E-state index contributed by atoms with van der Waals surface area (Å²) in [6.45, 7) is 1.47. The Morgan fingerprint density at radius 2 is 2.10 bits per heavy atom. The van der Waals surface area contributed by atoms with E-state index in [2.05, 4.69) is 20.8 Å². The highest BCUT2D eigenvalue weighted by molar-refractivity contribution is 5.30. The van der Waals surface area contributed by atoms with Crippen LogP contribution in [0, 0.1) is 0 Å². The fourth-order valence-electron chi connectivity index (χ4n) is 2.51. The molecule has 2 aromatic rings. The van der Waals surface area contributed by atoms with Crippen molar-refractivity contribution in [2.24, 2.45) is 0 Å². The number of rotatable bonds is 6. The molecule has 0 atom stereocenters. The molecular weight excluding hydrogens is 254 g/mol. The summed E-state index contributed by atoms with van der Waals surface area (Å²) in [6.07, 6.45) is 3.50. The van der Waals surface area contributed by atoms with Gasteiger partial charge < -0.3 is 10.1 Å². The van der Waals surface area contributed by atoms with Crippen molar-refractivity contribution in [3.63, 3.8) is 0 Å². The summed E-state index contributed by atoms with van der Waals surface area (Å²) in [5, 5.41) is 15.3. The van der Waals surface area contributed by atoms with E-state index in [1.165, 1.54) is 6.42 Å². The number of benzene rings is 1. The molecule has 0 bridgehead atoms. The summed E-state index contributed by atoms with van der Waals surface area (Å²) in [6, 6.07) is 9.90. The van der Waals surface area contributed by atoms with Gasteiger partial charge in [-0.2, -0.15) is 4.68 Å². The van der Waals surface area contributed by atoms with Gasteiger partial charge in [0.1, 0.15) is 0 Å². The maximum Gasteiger partial charge on any atom is 0.170 e. The van der Waals surface area contributed by atoms with Crippen molar-refractivity contribution in [2.75, 3.05) is 13.7 Å². The van der Waals surface area contributed by atoms with Gasteiger partial charge in [-0.3, -0.25) is 0 Å². The van der Waals surface area contributed by atoms with Gasteiger partial charge in [-0.15, -0.1) is 5.10 Å². The summed E-state index contributed by atoms with van der Waals surface area (Å²) in [7, 11) is 1.79. The van der Waals surface area contributed by atoms with E-state index < -0.39 is 0 Å². The Hall–Kier alpha value is -1.79. The topological polar surface area (TPSA) is 64.9 Å². The van der Waals surface area contributed by atoms with E-state index >= 15 is 0 Å². The van der Waals surface area contributed by atoms with Gasteiger partial charge in [0.15, 0.2) is 5.82 Å². The van der Waals surface area contributed by atoms with Crippen LogP contribution in [0.1, 0.15) is 25.1 Å². The molecule has 1 heterocycles. The second-order valence-corrected chi connectivity index (χ2v) is 5.19. The van der Waals surface area contributed by atoms with E-state index in [0.29, 0.717) is 6.54 Å². The standard InChI is InChI=1S/C14H19N5O/c1-20-14(8-5-9-14)11-15-10-13-16-17-18-19(13)12-6-3-2-4-7-12/h2-4,6-7,15H,5,8-11H2,1H3. The zero-order valence-corrected chi connectivity index (χ0v) is 11.6. The molecule has 0 radical (unpaired) electrons. The minimum absolute atomic E-state index is 0.0189. The number of ether oxygens (including phenoxy) is 1. The molecule has 0 spiro atoms. The summed E-state index contributed by atoms with van der Waals surface area (Å²) in [5.41, 5.74) is 0.991. The lowest BCUT2D eigenvalue weighted by molar-refractivity contribution is -0.0696. The Bertz CT molecular complexity index is 544. The Morgan fingerprint density at radius 3 is 2.75 bits per heavy atom. The smallest absolute Gasteiger partial charge is 0.170 e. The summed E-state index contributed by atoms with van der Waals surface area (Å²) in [5.74, 6) is 0.807. The third kappa shape index (κ3) is 2.57. The Labute approximate surface area is 118 Å². The molecule has 0 saturated heterocycles. The van der Waals surface area contributed by atoms with Crippen LogP contribution in [0.5, 0.6) is 0 Å². The molecule has 20 heavy (non-hydrogen) atoms. The molecule has 0 amide bonds. The quantitative estimate of drug-likeness (QED) is 0.860. The molecule has 6 heteroatoms. The number of aromatic nitrogens is 4. The van der Waals surface area contributed by atoms with Crippen molar-refractivity contribution in [1.82, 2.24) is 25.5 Å². The minimum atomic E-state index is 0.0189. The van der Waals surface area contributed by atoms with Crippen molar-refractivity contribution in [3.8, 4) is 5.69 Å². The molecular formula is C14H19N5O. The molecule has 1 fully saturated rings. The van der Waals surface area contributed by atoms with Crippen molar-refractivity contribution in [3.05, 3.63) is 36.2 Å². The van der Waals surface area contributed by atoms with Crippen LogP contribution in [0.3, 0.4) is 0 Å². The molecule has 1 N–H and O–H groups in total. The number of hydrogen-bond donors (Lipinski definition) is 1. The zero-order chi connectivity index (χ0) is 13.8. The van der Waals surface area contributed by atoms with Crippen molar-refractivity contribution < 1.29 is 4.74 Å². The highest BCUT2D eigenvalue weighted by Crippen LogP contribution is 2.34. The molecule has 106 valence electrons. The lowest BCUT2D eigenvalue weighted by atomic mass is 9.80. The third-order valence-corrected chi connectivity index (χ3v) is 3.96. The van der Waals surface area contributed by atoms with E-state index in [4.69, 9.17) is 4.74 Å².